The van der Waals surface area contributed by atoms with Crippen molar-refractivity contribution in [1.82, 2.24) is 0 Å². The lowest BCUT2D eigenvalue weighted by Gasteiger charge is -2.35. The molecule has 0 fully saturated rings. The van der Waals surface area contributed by atoms with Crippen LogP contribution in [0.25, 0.3) is 123 Å². The van der Waals surface area contributed by atoms with Crippen LogP contribution in [0.5, 0.6) is 0 Å². The molecule has 0 N–H and O–H groups in total. The average Bonchev–Trinajstić information content (AvgIpc) is 4.01. The van der Waals surface area contributed by atoms with Crippen LogP contribution in [0.4, 0.5) is 0 Å². The summed E-state index contributed by atoms with van der Waals surface area (Å²) < 4.78 is 5.85. The second kappa shape index (κ2) is 8.53. The quantitative estimate of drug-likeness (QED) is 0.138. The monoisotopic (exact) mass is 702 g/mol. The van der Waals surface area contributed by atoms with Crippen molar-refractivity contribution < 1.29 is 0 Å². The Balaban J connectivity index is 1.03. The van der Waals surface area contributed by atoms with Gasteiger partial charge in [-0.25, -0.2) is 0 Å². The molecule has 12 aromatic rings. The molecule has 3 aliphatic rings. The summed E-state index contributed by atoms with van der Waals surface area (Å²) in [5.74, 6) is 0.351. The van der Waals surface area contributed by atoms with Crippen molar-refractivity contribution in [1.29, 1.82) is 0 Å². The first-order valence-electron chi connectivity index (χ1n) is 18.7. The molecule has 0 saturated heterocycles. The molecule has 10 aromatic carbocycles. The Morgan fingerprint density at radius 2 is 0.962 bits per heavy atom. The summed E-state index contributed by atoms with van der Waals surface area (Å²) in [7, 11) is 0. The van der Waals surface area contributed by atoms with Crippen LogP contribution < -0.4 is 0 Å². The molecule has 0 aliphatic heterocycles. The zero-order valence-corrected chi connectivity index (χ0v) is 30.2. The minimum atomic E-state index is -0.0364. The third kappa shape index (κ3) is 2.75. The number of allylic oxidation sites excluding steroid dienone is 1. The highest BCUT2D eigenvalue weighted by Crippen LogP contribution is 2.63. The van der Waals surface area contributed by atoms with E-state index in [0.29, 0.717) is 5.92 Å². The number of thiophene rings is 2. The summed E-state index contributed by atoms with van der Waals surface area (Å²) in [6.45, 7) is 2.46. The molecule has 242 valence electrons. The summed E-state index contributed by atoms with van der Waals surface area (Å²) in [4.78, 5) is 0. The van der Waals surface area contributed by atoms with Crippen molar-refractivity contribution in [3.05, 3.63) is 150 Å². The Hall–Kier alpha value is -5.80. The Bertz CT molecular complexity index is 3690. The normalized spacial score (nSPS) is 18.5. The fourth-order valence-electron chi connectivity index (χ4n) is 11.8. The third-order valence-corrected chi connectivity index (χ3v) is 16.4. The van der Waals surface area contributed by atoms with E-state index in [0.717, 1.165) is 0 Å². The second-order valence-corrected chi connectivity index (χ2v) is 18.0. The van der Waals surface area contributed by atoms with Gasteiger partial charge in [0.05, 0.1) is 9.40 Å². The van der Waals surface area contributed by atoms with Crippen LogP contribution in [0.15, 0.2) is 127 Å². The number of hydrogen-bond donors (Lipinski definition) is 0. The highest BCUT2D eigenvalue weighted by atomic mass is 32.1. The molecule has 0 saturated carbocycles. The number of benzene rings is 8. The molecule has 0 radical (unpaired) electrons. The van der Waals surface area contributed by atoms with Crippen LogP contribution >= 0.6 is 22.7 Å². The van der Waals surface area contributed by atoms with Crippen molar-refractivity contribution in [2.75, 3.05) is 0 Å². The van der Waals surface area contributed by atoms with Gasteiger partial charge in [0, 0.05) is 42.3 Å². The van der Waals surface area contributed by atoms with E-state index in [2.05, 4.69) is 140 Å². The Kier molecular flexibility index (Phi) is 4.33. The number of hydrogen-bond acceptors (Lipinski definition) is 2. The smallest absolute Gasteiger partial charge is 0.0549 e. The minimum absolute atomic E-state index is 0.0364. The predicted molar refractivity (Wildman–Crippen MR) is 231 cm³/mol. The van der Waals surface area contributed by atoms with Gasteiger partial charge in [-0.15, -0.1) is 22.7 Å². The van der Waals surface area contributed by atoms with Crippen LogP contribution in [0.1, 0.15) is 35.1 Å². The maximum Gasteiger partial charge on any atom is 0.0549 e. The molecule has 0 bridgehead atoms. The van der Waals surface area contributed by atoms with Gasteiger partial charge in [0.25, 0.3) is 0 Å². The first kappa shape index (κ1) is 26.9. The summed E-state index contributed by atoms with van der Waals surface area (Å²) >= 11 is 4.08. The minimum Gasteiger partial charge on any atom is -0.133 e. The maximum atomic E-state index is 2.49. The predicted octanol–water partition coefficient (Wildman–Crippen LogP) is 15.1. The Labute approximate surface area is 311 Å². The zero-order chi connectivity index (χ0) is 34.1. The lowest BCUT2D eigenvalue weighted by atomic mass is 9.67. The highest BCUT2D eigenvalue weighted by Gasteiger charge is 2.46. The van der Waals surface area contributed by atoms with Crippen LogP contribution in [0.2, 0.25) is 0 Å². The fraction of sp³-hybridized carbons (Fsp3) is 0.0588. The molecule has 15 rings (SSSR count). The van der Waals surface area contributed by atoms with Gasteiger partial charge in [-0.05, 0) is 98.4 Å². The third-order valence-electron chi connectivity index (χ3n) is 13.8. The molecule has 0 spiro atoms. The highest BCUT2D eigenvalue weighted by molar-refractivity contribution is 7.38. The largest absolute Gasteiger partial charge is 0.133 e. The van der Waals surface area contributed by atoms with E-state index in [9.17, 15) is 0 Å². The number of fused-ring (bicyclic) bond motifs is 22. The Morgan fingerprint density at radius 3 is 1.64 bits per heavy atom. The molecule has 2 atom stereocenters. The van der Waals surface area contributed by atoms with Gasteiger partial charge in [0.1, 0.15) is 0 Å². The van der Waals surface area contributed by atoms with Crippen molar-refractivity contribution >= 4 is 123 Å². The van der Waals surface area contributed by atoms with Crippen molar-refractivity contribution in [3.8, 4) is 22.3 Å². The lowest BCUT2D eigenvalue weighted by Crippen LogP contribution is -2.27. The van der Waals surface area contributed by atoms with E-state index in [4.69, 9.17) is 0 Å². The first-order valence-corrected chi connectivity index (χ1v) is 20.4. The molecule has 53 heavy (non-hydrogen) atoms. The van der Waals surface area contributed by atoms with Crippen molar-refractivity contribution in [2.24, 2.45) is 0 Å². The van der Waals surface area contributed by atoms with E-state index in [1.807, 2.05) is 22.7 Å². The van der Waals surface area contributed by atoms with E-state index in [1.165, 1.54) is 139 Å². The van der Waals surface area contributed by atoms with E-state index in [1.54, 1.807) is 0 Å². The van der Waals surface area contributed by atoms with Gasteiger partial charge in [-0.3, -0.25) is 0 Å². The average molecular weight is 703 g/mol. The van der Waals surface area contributed by atoms with E-state index >= 15 is 0 Å². The molecular formula is C51H26S2. The first-order chi connectivity index (χ1) is 26.2. The molecule has 3 aliphatic carbocycles. The van der Waals surface area contributed by atoms with E-state index in [-0.39, 0.29) is 5.41 Å². The van der Waals surface area contributed by atoms with Crippen LogP contribution in [0, 0.1) is 0 Å². The SMILES string of the molecule is CC12C=Cc3ccccc3C1c1ccc3c4c1c2ccc4c1sc2c(sc4c5ccc6c7c(ccc(c75)c42)-c2c-6c4ccccc4c4ccccc24)c31. The topological polar surface area (TPSA) is 0 Å². The van der Waals surface area contributed by atoms with Gasteiger partial charge < -0.3 is 0 Å². The molecule has 0 amide bonds. The van der Waals surface area contributed by atoms with Gasteiger partial charge >= 0.3 is 0 Å². The summed E-state index contributed by atoms with van der Waals surface area (Å²) in [6.07, 6.45) is 4.85. The molecule has 2 heterocycles. The fourth-order valence-corrected chi connectivity index (χ4v) is 14.8. The van der Waals surface area contributed by atoms with Crippen LogP contribution in [-0.4, -0.2) is 0 Å². The van der Waals surface area contributed by atoms with Crippen LogP contribution in [-0.2, 0) is 5.41 Å². The molecule has 2 unspecified atom stereocenters. The zero-order valence-electron chi connectivity index (χ0n) is 28.6. The van der Waals surface area contributed by atoms with Gasteiger partial charge in [0.15, 0.2) is 0 Å². The molecular weight excluding hydrogens is 677 g/mol. The summed E-state index contributed by atoms with van der Waals surface area (Å²) in [6, 6.07) is 46.7. The standard InChI is InChI=1S/C51H26S2/c1-51-23-22-24-8-2-3-9-25(24)46(51)34-18-16-33-42-36(20-21-37(51)43(34)42)48-45(33)50-49(53-48)44-32-15-14-30-38-28-12-6-4-10-26(28)27-11-5-7-13-29(27)39(38)31-17-19-35(47(44)52-50)41(32)40(30)31/h2-23,46H,1H3. The lowest BCUT2D eigenvalue weighted by molar-refractivity contribution is 0.539. The van der Waals surface area contributed by atoms with E-state index < -0.39 is 0 Å². The maximum absolute atomic E-state index is 2.49. The number of rotatable bonds is 0. The molecule has 0 nitrogen and oxygen atoms in total. The molecule has 2 aromatic heterocycles. The van der Waals surface area contributed by atoms with Gasteiger partial charge in [-0.2, -0.15) is 0 Å². The Morgan fingerprint density at radius 1 is 0.415 bits per heavy atom. The van der Waals surface area contributed by atoms with Gasteiger partial charge in [-0.1, -0.05) is 140 Å². The molecule has 2 heteroatoms. The second-order valence-electron chi connectivity index (χ2n) is 16.0. The van der Waals surface area contributed by atoms with Gasteiger partial charge in [0.2, 0.25) is 0 Å². The van der Waals surface area contributed by atoms with Crippen molar-refractivity contribution in [3.63, 3.8) is 0 Å². The summed E-state index contributed by atoms with van der Waals surface area (Å²) in [5.41, 5.74) is 11.4. The van der Waals surface area contributed by atoms with Crippen LogP contribution in [0.3, 0.4) is 0 Å². The van der Waals surface area contributed by atoms with Crippen molar-refractivity contribution in [2.45, 2.75) is 18.3 Å². The summed E-state index contributed by atoms with van der Waals surface area (Å²) in [5, 5.41) is 19.9.